The van der Waals surface area contributed by atoms with Crippen LogP contribution in [0.2, 0.25) is 0 Å². The number of rotatable bonds is 13. The van der Waals surface area contributed by atoms with Crippen LogP contribution < -0.4 is 10.1 Å². The summed E-state index contributed by atoms with van der Waals surface area (Å²) < 4.78 is 17.7. The van der Waals surface area contributed by atoms with Crippen LogP contribution in [0.15, 0.2) is 40.4 Å². The van der Waals surface area contributed by atoms with Crippen molar-refractivity contribution in [3.63, 3.8) is 0 Å². The third-order valence-electron chi connectivity index (χ3n) is 7.83. The summed E-state index contributed by atoms with van der Waals surface area (Å²) in [4.78, 5) is 65.1. The largest absolute Gasteiger partial charge is 0.497 e. The molecule has 290 valence electrons. The van der Waals surface area contributed by atoms with E-state index >= 15 is 0 Å². The molecule has 54 heavy (non-hydrogen) atoms. The van der Waals surface area contributed by atoms with Crippen LogP contribution in [-0.4, -0.2) is 100 Å². The number of nitrogens with one attached hydrogen (secondary N) is 1. The molecule has 0 radical (unpaired) electrons. The Bertz CT molecular complexity index is 1960. The van der Waals surface area contributed by atoms with Crippen LogP contribution in [0.5, 0.6) is 5.75 Å². The molecule has 2 atom stereocenters. The zero-order valence-electron chi connectivity index (χ0n) is 31.5. The number of thioether (sulfide) groups is 1. The number of hydrogen-bond donors (Lipinski definition) is 1. The number of carbonyl (C=O) groups excluding carboxylic acids is 4. The van der Waals surface area contributed by atoms with Crippen molar-refractivity contribution in [2.45, 2.75) is 90.5 Å². The Morgan fingerprint density at radius 1 is 1.04 bits per heavy atom. The fraction of sp³-hybridized carbons (Fsp3) is 0.514. The summed E-state index contributed by atoms with van der Waals surface area (Å²) in [6.07, 6.45) is -0.991. The number of esters is 1. The maximum atomic E-state index is 14.1. The van der Waals surface area contributed by atoms with Crippen molar-refractivity contribution in [2.75, 3.05) is 24.1 Å². The lowest BCUT2D eigenvalue weighted by Gasteiger charge is -2.50. The van der Waals surface area contributed by atoms with Crippen LogP contribution in [0.3, 0.4) is 0 Å². The van der Waals surface area contributed by atoms with Crippen molar-refractivity contribution in [1.82, 2.24) is 30.1 Å². The van der Waals surface area contributed by atoms with Gasteiger partial charge >= 0.3 is 12.1 Å². The molecule has 2 aliphatic heterocycles. The number of methoxy groups -OCH3 is 1. The molecule has 1 fully saturated rings. The van der Waals surface area contributed by atoms with Gasteiger partial charge in [0.25, 0.3) is 0 Å². The second kappa shape index (κ2) is 16.0. The minimum absolute atomic E-state index is 0.0682. The molecule has 0 bridgehead atoms. The zero-order valence-corrected chi connectivity index (χ0v) is 33.8. The monoisotopic (exact) mass is 802 g/mol. The maximum Gasteiger partial charge on any atom is 0.413 e. The van der Waals surface area contributed by atoms with E-state index in [0.29, 0.717) is 29.6 Å². The quantitative estimate of drug-likeness (QED) is 0.0749. The van der Waals surface area contributed by atoms with Crippen LogP contribution in [0.25, 0.3) is 5.70 Å². The Kier molecular flexibility index (Phi) is 12.1. The van der Waals surface area contributed by atoms with Crippen LogP contribution in [0.1, 0.15) is 78.9 Å². The van der Waals surface area contributed by atoms with Gasteiger partial charge in [-0.1, -0.05) is 17.3 Å². The Labute approximate surface area is 325 Å². The number of ketones is 1. The SMILES string of the molecule is COc1ccc(Cn2nnnc2C2=C(CCl)CS[C@@H]3[C@H](CC(=O)/C(=N\OC(C)(C)C(=O)OC(C)(C)C)c4csc(NC(=O)OC(C)(C)C)n4)C(=O)N23)cc1. The topological polar surface area (TPSA) is 189 Å². The van der Waals surface area contributed by atoms with E-state index in [1.54, 1.807) is 58.2 Å². The van der Waals surface area contributed by atoms with Crippen molar-refractivity contribution < 1.29 is 38.2 Å². The van der Waals surface area contributed by atoms with Gasteiger partial charge in [0.15, 0.2) is 22.5 Å². The lowest BCUT2D eigenvalue weighted by atomic mass is 9.89. The number of amides is 2. The average molecular weight is 803 g/mol. The molecule has 0 aliphatic carbocycles. The fourth-order valence-corrected chi connectivity index (χ4v) is 7.71. The summed E-state index contributed by atoms with van der Waals surface area (Å²) in [6, 6.07) is 7.46. The number of nitrogens with zero attached hydrogens (tertiary/aromatic N) is 7. The summed E-state index contributed by atoms with van der Waals surface area (Å²) in [6.45, 7) is 13.6. The molecule has 0 saturated carbocycles. The standard InChI is InChI=1S/C35H43ClN8O8S2/c1-33(2,3)50-30(47)35(7,8)52-40-25(23-18-54-31(37-23)38-32(48)51-34(4,5)6)24(45)14-22-28(46)44-26(20(15-36)17-53-29(22)44)27-39-41-42-43(27)16-19-10-12-21(49-9)13-11-19/h10-13,18,22,29H,14-17H2,1-9H3,(H,37,38,48)/b40-25-/t22-,29-/m1/s1. The van der Waals surface area contributed by atoms with Crippen molar-refractivity contribution in [2.24, 2.45) is 11.1 Å². The van der Waals surface area contributed by atoms with Gasteiger partial charge in [-0.15, -0.1) is 39.8 Å². The number of aromatic nitrogens is 5. The molecular weight excluding hydrogens is 760 g/mol. The number of benzene rings is 1. The second-order valence-corrected chi connectivity index (χ2v) is 17.2. The van der Waals surface area contributed by atoms with Crippen molar-refractivity contribution in [1.29, 1.82) is 0 Å². The van der Waals surface area contributed by atoms with Gasteiger partial charge in [-0.05, 0) is 89.1 Å². The number of alkyl halides is 1. The predicted octanol–water partition coefficient (Wildman–Crippen LogP) is 5.52. The fourth-order valence-electron chi connectivity index (χ4n) is 5.28. The summed E-state index contributed by atoms with van der Waals surface area (Å²) in [5.41, 5.74) is -1.14. The molecular formula is C35H43ClN8O8S2. The highest BCUT2D eigenvalue weighted by molar-refractivity contribution is 8.00. The van der Waals surface area contributed by atoms with Crippen LogP contribution >= 0.6 is 34.7 Å². The number of halogens is 1. The molecule has 1 aromatic carbocycles. The summed E-state index contributed by atoms with van der Waals surface area (Å²) in [5.74, 6) is -0.641. The van der Waals surface area contributed by atoms with Crippen LogP contribution in [-0.2, 0) is 35.2 Å². The molecule has 4 heterocycles. The number of ether oxygens (including phenoxy) is 3. The number of anilines is 1. The lowest BCUT2D eigenvalue weighted by Crippen LogP contribution is -2.60. The van der Waals surface area contributed by atoms with E-state index in [0.717, 1.165) is 22.5 Å². The van der Waals surface area contributed by atoms with Crippen molar-refractivity contribution >= 4 is 75.0 Å². The molecule has 1 N–H and O–H groups in total. The maximum absolute atomic E-state index is 14.1. The number of oxime groups is 1. The zero-order chi connectivity index (χ0) is 39.6. The smallest absolute Gasteiger partial charge is 0.413 e. The summed E-state index contributed by atoms with van der Waals surface area (Å²) in [7, 11) is 1.59. The summed E-state index contributed by atoms with van der Waals surface area (Å²) >= 11 is 8.90. The van der Waals surface area contributed by atoms with Crippen LogP contribution in [0.4, 0.5) is 9.93 Å². The highest BCUT2D eigenvalue weighted by Gasteiger charge is 2.54. The van der Waals surface area contributed by atoms with Gasteiger partial charge in [0.05, 0.1) is 30.6 Å². The van der Waals surface area contributed by atoms with Crippen molar-refractivity contribution in [3.8, 4) is 5.75 Å². The number of tetrazole rings is 1. The Balaban J connectivity index is 1.39. The molecule has 19 heteroatoms. The van der Waals surface area contributed by atoms with E-state index in [1.807, 2.05) is 24.3 Å². The normalized spacial score (nSPS) is 17.8. The average Bonchev–Trinajstić information content (AvgIpc) is 3.74. The van der Waals surface area contributed by atoms with Gasteiger partial charge in [-0.3, -0.25) is 19.8 Å². The molecule has 2 amide bonds. The Morgan fingerprint density at radius 2 is 1.72 bits per heavy atom. The van der Waals surface area contributed by atoms with E-state index in [9.17, 15) is 19.2 Å². The number of hydrogen-bond acceptors (Lipinski definition) is 15. The Hall–Kier alpha value is -4.55. The number of β-lactam (4-membered cyclic amide) rings is 1. The van der Waals surface area contributed by atoms with Gasteiger partial charge in [0.2, 0.25) is 11.5 Å². The second-order valence-electron chi connectivity index (χ2n) is 14.9. The first-order valence-corrected chi connectivity index (χ1v) is 19.4. The van der Waals surface area contributed by atoms with Gasteiger partial charge in [0, 0.05) is 23.4 Å². The third-order valence-corrected chi connectivity index (χ3v) is 10.3. The van der Waals surface area contributed by atoms with E-state index in [1.165, 1.54) is 31.0 Å². The lowest BCUT2D eigenvalue weighted by molar-refractivity contribution is -0.179. The molecule has 5 rings (SSSR count). The number of Topliss-reactive ketones (excluding diaryl/α,β-unsaturated/α-hetero) is 1. The first kappa shape index (κ1) is 40.6. The number of fused-ring (bicyclic) bond motifs is 1. The highest BCUT2D eigenvalue weighted by Crippen LogP contribution is 2.48. The van der Waals surface area contributed by atoms with E-state index in [4.69, 9.17) is 30.6 Å². The molecule has 0 unspecified atom stereocenters. The van der Waals surface area contributed by atoms with E-state index in [-0.39, 0.29) is 34.7 Å². The van der Waals surface area contributed by atoms with Crippen molar-refractivity contribution in [3.05, 3.63) is 52.3 Å². The highest BCUT2D eigenvalue weighted by atomic mass is 35.5. The van der Waals surface area contributed by atoms with Gasteiger partial charge in [-0.2, -0.15) is 0 Å². The molecule has 2 aromatic heterocycles. The molecule has 1 saturated heterocycles. The predicted molar refractivity (Wildman–Crippen MR) is 203 cm³/mol. The molecule has 16 nitrogen and oxygen atoms in total. The van der Waals surface area contributed by atoms with E-state index < -0.39 is 45.9 Å². The van der Waals surface area contributed by atoms with Crippen LogP contribution in [0, 0.1) is 5.92 Å². The van der Waals surface area contributed by atoms with Gasteiger partial charge in [-0.25, -0.2) is 19.3 Å². The number of carbonyl (C=O) groups is 4. The third kappa shape index (κ3) is 9.57. The molecule has 3 aromatic rings. The first-order chi connectivity index (χ1) is 25.3. The van der Waals surface area contributed by atoms with E-state index in [2.05, 4.69) is 31.0 Å². The number of thiazole rings is 1. The minimum Gasteiger partial charge on any atom is -0.497 e. The first-order valence-electron chi connectivity index (χ1n) is 16.9. The molecule has 2 aliphatic rings. The van der Waals surface area contributed by atoms with Gasteiger partial charge in [0.1, 0.15) is 22.6 Å². The minimum atomic E-state index is -1.60. The summed E-state index contributed by atoms with van der Waals surface area (Å²) in [5, 5.41) is 20.2. The van der Waals surface area contributed by atoms with Gasteiger partial charge < -0.3 is 19.0 Å². The Morgan fingerprint density at radius 3 is 2.35 bits per heavy atom. The molecule has 0 spiro atoms.